The zero-order chi connectivity index (χ0) is 10.8. The van der Waals surface area contributed by atoms with E-state index in [4.69, 9.17) is 4.74 Å². The van der Waals surface area contributed by atoms with E-state index in [1.165, 1.54) is 29.7 Å². The van der Waals surface area contributed by atoms with E-state index in [-0.39, 0.29) is 12.4 Å². The molecular weight excluding hydrogens is 236 g/mol. The molecule has 1 saturated heterocycles. The van der Waals surface area contributed by atoms with Gasteiger partial charge in [0.25, 0.3) is 0 Å². The van der Waals surface area contributed by atoms with Crippen LogP contribution < -0.4 is 10.6 Å². The number of fused-ring (bicyclic) bond motifs is 1. The molecule has 0 aromatic heterocycles. The SMILES string of the molecule is Cl.c1cc2c(c(NCC3CCCO3)c1)CNC2. The molecule has 3 rings (SSSR count). The Labute approximate surface area is 108 Å². The highest BCUT2D eigenvalue weighted by atomic mass is 35.5. The maximum Gasteiger partial charge on any atom is 0.0748 e. The predicted octanol–water partition coefficient (Wildman–Crippen LogP) is 2.30. The Morgan fingerprint density at radius 2 is 2.29 bits per heavy atom. The van der Waals surface area contributed by atoms with Crippen LogP contribution in [0.25, 0.3) is 0 Å². The lowest BCUT2D eigenvalue weighted by atomic mass is 10.1. The smallest absolute Gasteiger partial charge is 0.0748 e. The van der Waals surface area contributed by atoms with Crippen LogP contribution in [0.2, 0.25) is 0 Å². The van der Waals surface area contributed by atoms with Gasteiger partial charge in [-0.15, -0.1) is 12.4 Å². The third-order valence-corrected chi connectivity index (χ3v) is 3.43. The van der Waals surface area contributed by atoms with E-state index in [1.54, 1.807) is 0 Å². The summed E-state index contributed by atoms with van der Waals surface area (Å²) in [7, 11) is 0. The molecule has 1 aromatic carbocycles. The van der Waals surface area contributed by atoms with E-state index in [2.05, 4.69) is 28.8 Å². The van der Waals surface area contributed by atoms with Crippen LogP contribution in [0.15, 0.2) is 18.2 Å². The quantitative estimate of drug-likeness (QED) is 0.869. The predicted molar refractivity (Wildman–Crippen MR) is 71.7 cm³/mol. The Morgan fingerprint density at radius 3 is 3.12 bits per heavy atom. The maximum absolute atomic E-state index is 5.62. The van der Waals surface area contributed by atoms with Crippen molar-refractivity contribution in [2.24, 2.45) is 0 Å². The zero-order valence-corrected chi connectivity index (χ0v) is 10.7. The molecule has 3 nitrogen and oxygen atoms in total. The van der Waals surface area contributed by atoms with E-state index in [9.17, 15) is 0 Å². The Hall–Kier alpha value is -0.770. The Morgan fingerprint density at radius 1 is 1.35 bits per heavy atom. The van der Waals surface area contributed by atoms with Crippen molar-refractivity contribution >= 4 is 18.1 Å². The molecule has 2 aliphatic heterocycles. The lowest BCUT2D eigenvalue weighted by molar-refractivity contribution is 0.120. The first kappa shape index (κ1) is 12.7. The van der Waals surface area contributed by atoms with Crippen LogP contribution in [-0.4, -0.2) is 19.3 Å². The summed E-state index contributed by atoms with van der Waals surface area (Å²) >= 11 is 0. The van der Waals surface area contributed by atoms with Gasteiger partial charge in [0.2, 0.25) is 0 Å². The number of anilines is 1. The van der Waals surface area contributed by atoms with E-state index >= 15 is 0 Å². The van der Waals surface area contributed by atoms with Crippen LogP contribution >= 0.6 is 12.4 Å². The molecule has 0 amide bonds. The van der Waals surface area contributed by atoms with Crippen LogP contribution in [-0.2, 0) is 17.8 Å². The van der Waals surface area contributed by atoms with Gasteiger partial charge in [0, 0.05) is 31.9 Å². The Bertz CT molecular complexity index is 378. The summed E-state index contributed by atoms with van der Waals surface area (Å²) in [5.74, 6) is 0. The van der Waals surface area contributed by atoms with Gasteiger partial charge in [-0.1, -0.05) is 12.1 Å². The molecule has 2 N–H and O–H groups in total. The van der Waals surface area contributed by atoms with Gasteiger partial charge in [0.15, 0.2) is 0 Å². The third-order valence-electron chi connectivity index (χ3n) is 3.43. The second-order valence-electron chi connectivity index (χ2n) is 4.56. The van der Waals surface area contributed by atoms with Gasteiger partial charge < -0.3 is 15.4 Å². The fraction of sp³-hybridized carbons (Fsp3) is 0.538. The number of hydrogen-bond donors (Lipinski definition) is 2. The first-order chi connectivity index (χ1) is 7.93. The second kappa shape index (κ2) is 5.71. The topological polar surface area (TPSA) is 33.3 Å². The monoisotopic (exact) mass is 254 g/mol. The average molecular weight is 255 g/mol. The summed E-state index contributed by atoms with van der Waals surface area (Å²) in [6, 6.07) is 6.50. The molecule has 4 heteroatoms. The summed E-state index contributed by atoms with van der Waals surface area (Å²) in [6.45, 7) is 3.87. The van der Waals surface area contributed by atoms with Crippen molar-refractivity contribution in [2.75, 3.05) is 18.5 Å². The molecule has 0 radical (unpaired) electrons. The summed E-state index contributed by atoms with van der Waals surface area (Å²) in [5.41, 5.74) is 4.14. The highest BCUT2D eigenvalue weighted by Crippen LogP contribution is 2.24. The van der Waals surface area contributed by atoms with Gasteiger partial charge in [-0.05, 0) is 30.0 Å². The number of benzene rings is 1. The molecule has 0 bridgehead atoms. The molecule has 2 aliphatic rings. The fourth-order valence-electron chi connectivity index (χ4n) is 2.53. The first-order valence-corrected chi connectivity index (χ1v) is 6.10. The maximum atomic E-state index is 5.62. The van der Waals surface area contributed by atoms with E-state index in [0.29, 0.717) is 6.10 Å². The average Bonchev–Trinajstić information content (AvgIpc) is 2.97. The lowest BCUT2D eigenvalue weighted by Crippen LogP contribution is -2.19. The van der Waals surface area contributed by atoms with Crippen LogP contribution in [0.5, 0.6) is 0 Å². The minimum absolute atomic E-state index is 0. The van der Waals surface area contributed by atoms with Crippen molar-refractivity contribution in [1.82, 2.24) is 5.32 Å². The minimum atomic E-state index is 0. The molecule has 1 aromatic rings. The Kier molecular flexibility index (Phi) is 4.26. The highest BCUT2D eigenvalue weighted by molar-refractivity contribution is 5.85. The van der Waals surface area contributed by atoms with Crippen LogP contribution in [0.1, 0.15) is 24.0 Å². The molecule has 17 heavy (non-hydrogen) atoms. The second-order valence-corrected chi connectivity index (χ2v) is 4.56. The zero-order valence-electron chi connectivity index (χ0n) is 9.87. The van der Waals surface area contributed by atoms with Crippen LogP contribution in [0.4, 0.5) is 5.69 Å². The summed E-state index contributed by atoms with van der Waals surface area (Å²) in [5, 5.41) is 6.91. The number of halogens is 1. The van der Waals surface area contributed by atoms with Crippen LogP contribution in [0, 0.1) is 0 Å². The molecule has 0 aliphatic carbocycles. The minimum Gasteiger partial charge on any atom is -0.382 e. The van der Waals surface area contributed by atoms with Crippen molar-refractivity contribution in [3.8, 4) is 0 Å². The number of ether oxygens (including phenoxy) is 1. The van der Waals surface area contributed by atoms with Crippen LogP contribution in [0.3, 0.4) is 0 Å². The molecule has 0 spiro atoms. The van der Waals surface area contributed by atoms with Gasteiger partial charge in [-0.3, -0.25) is 0 Å². The molecule has 94 valence electrons. The molecule has 1 atom stereocenters. The molecule has 0 saturated carbocycles. The van der Waals surface area contributed by atoms with Crippen molar-refractivity contribution in [1.29, 1.82) is 0 Å². The Balaban J connectivity index is 0.00000108. The van der Waals surface area contributed by atoms with E-state index in [1.807, 2.05) is 0 Å². The first-order valence-electron chi connectivity index (χ1n) is 6.10. The largest absolute Gasteiger partial charge is 0.382 e. The summed E-state index contributed by atoms with van der Waals surface area (Å²) in [6.07, 6.45) is 2.81. The van der Waals surface area contributed by atoms with Gasteiger partial charge in [0.05, 0.1) is 6.10 Å². The number of hydrogen-bond acceptors (Lipinski definition) is 3. The summed E-state index contributed by atoms with van der Waals surface area (Å²) in [4.78, 5) is 0. The summed E-state index contributed by atoms with van der Waals surface area (Å²) < 4.78 is 5.62. The van der Waals surface area contributed by atoms with Gasteiger partial charge >= 0.3 is 0 Å². The normalized spacial score (nSPS) is 22.0. The highest BCUT2D eigenvalue weighted by Gasteiger charge is 2.17. The van der Waals surface area contributed by atoms with Crippen molar-refractivity contribution in [2.45, 2.75) is 32.0 Å². The van der Waals surface area contributed by atoms with Crippen molar-refractivity contribution in [3.63, 3.8) is 0 Å². The molecular formula is C13H19ClN2O. The van der Waals surface area contributed by atoms with Gasteiger partial charge in [0.1, 0.15) is 0 Å². The fourth-order valence-corrected chi connectivity index (χ4v) is 2.53. The van der Waals surface area contributed by atoms with Crippen molar-refractivity contribution < 1.29 is 4.74 Å². The van der Waals surface area contributed by atoms with Crippen molar-refractivity contribution in [3.05, 3.63) is 29.3 Å². The number of rotatable bonds is 3. The van der Waals surface area contributed by atoms with Gasteiger partial charge in [-0.25, -0.2) is 0 Å². The third kappa shape index (κ3) is 2.73. The van der Waals surface area contributed by atoms with Gasteiger partial charge in [-0.2, -0.15) is 0 Å². The standard InChI is InChI=1S/C13H18N2O.ClH/c1-3-10-7-14-9-12(10)13(5-1)15-8-11-4-2-6-16-11;/h1,3,5,11,14-15H,2,4,6-9H2;1H. The van der Waals surface area contributed by atoms with E-state index in [0.717, 1.165) is 26.2 Å². The molecule has 1 fully saturated rings. The molecule has 2 heterocycles. The van der Waals surface area contributed by atoms with E-state index < -0.39 is 0 Å². The number of nitrogens with one attached hydrogen (secondary N) is 2. The molecule has 1 unspecified atom stereocenters. The lowest BCUT2D eigenvalue weighted by Gasteiger charge is -2.14.